The van der Waals surface area contributed by atoms with Gasteiger partial charge in [0.15, 0.2) is 4.34 Å². The van der Waals surface area contributed by atoms with Crippen molar-refractivity contribution in [3.05, 3.63) is 5.82 Å². The summed E-state index contributed by atoms with van der Waals surface area (Å²) in [7, 11) is 0. The smallest absolute Gasteiger partial charge is 0.170 e. The molecule has 5 heteroatoms. The first-order valence-electron chi connectivity index (χ1n) is 6.43. The zero-order valence-electron chi connectivity index (χ0n) is 11.2. The molecule has 17 heavy (non-hydrogen) atoms. The fourth-order valence-electron chi connectivity index (χ4n) is 1.64. The fourth-order valence-corrected chi connectivity index (χ4v) is 3.81. The van der Waals surface area contributed by atoms with E-state index < -0.39 is 0 Å². The van der Waals surface area contributed by atoms with Gasteiger partial charge in [-0.15, -0.1) is 0 Å². The zero-order chi connectivity index (χ0) is 12.7. The Kier molecular flexibility index (Phi) is 7.08. The summed E-state index contributed by atoms with van der Waals surface area (Å²) in [6.45, 7) is 9.91. The van der Waals surface area contributed by atoms with Crippen LogP contribution in [0, 0.1) is 0 Å². The van der Waals surface area contributed by atoms with Gasteiger partial charge in [0.2, 0.25) is 0 Å². The highest BCUT2D eigenvalue weighted by atomic mass is 32.2. The molecule has 0 saturated heterocycles. The Morgan fingerprint density at radius 2 is 2.12 bits per heavy atom. The van der Waals surface area contributed by atoms with Gasteiger partial charge in [-0.1, -0.05) is 39.5 Å². The van der Waals surface area contributed by atoms with Crippen LogP contribution in [0.1, 0.15) is 46.4 Å². The molecule has 98 valence electrons. The van der Waals surface area contributed by atoms with Crippen LogP contribution in [0.25, 0.3) is 0 Å². The van der Waals surface area contributed by atoms with Gasteiger partial charge in [-0.2, -0.15) is 4.37 Å². The lowest BCUT2D eigenvalue weighted by molar-refractivity contribution is 0.494. The molecule has 0 fully saturated rings. The molecule has 3 nitrogen and oxygen atoms in total. The molecule has 2 atom stereocenters. The summed E-state index contributed by atoms with van der Waals surface area (Å²) < 4.78 is 5.43. The highest BCUT2D eigenvalue weighted by Crippen LogP contribution is 2.27. The van der Waals surface area contributed by atoms with E-state index in [0.717, 1.165) is 29.6 Å². The third-order valence-corrected chi connectivity index (χ3v) is 4.77. The van der Waals surface area contributed by atoms with E-state index in [0.29, 0.717) is 11.3 Å². The lowest BCUT2D eigenvalue weighted by Crippen LogP contribution is -2.36. The SMILES string of the molecule is CCCNC(CC)C(C)Sc1nc(CC)ns1. The second-order valence-electron chi connectivity index (χ2n) is 4.12. The van der Waals surface area contributed by atoms with Gasteiger partial charge in [-0.05, 0) is 30.9 Å². The minimum absolute atomic E-state index is 0.546. The van der Waals surface area contributed by atoms with Crippen LogP contribution in [-0.2, 0) is 6.42 Å². The summed E-state index contributed by atoms with van der Waals surface area (Å²) in [4.78, 5) is 4.51. The highest BCUT2D eigenvalue weighted by Gasteiger charge is 2.17. The summed E-state index contributed by atoms with van der Waals surface area (Å²) in [5.41, 5.74) is 0. The normalized spacial score (nSPS) is 14.8. The van der Waals surface area contributed by atoms with Gasteiger partial charge in [0, 0.05) is 17.7 Å². The van der Waals surface area contributed by atoms with Crippen molar-refractivity contribution in [1.29, 1.82) is 0 Å². The molecule has 1 aromatic heterocycles. The molecule has 1 aromatic rings. The second-order valence-corrected chi connectivity index (χ2v) is 6.50. The third-order valence-electron chi connectivity index (χ3n) is 2.72. The number of aryl methyl sites for hydroxylation is 1. The minimum Gasteiger partial charge on any atom is -0.313 e. The Morgan fingerprint density at radius 3 is 2.65 bits per heavy atom. The maximum absolute atomic E-state index is 4.51. The number of nitrogens with one attached hydrogen (secondary N) is 1. The molecule has 1 N–H and O–H groups in total. The molecule has 0 spiro atoms. The van der Waals surface area contributed by atoms with E-state index in [-0.39, 0.29) is 0 Å². The number of hydrogen-bond donors (Lipinski definition) is 1. The van der Waals surface area contributed by atoms with Crippen molar-refractivity contribution >= 4 is 23.3 Å². The van der Waals surface area contributed by atoms with Crippen molar-refractivity contribution in [3.63, 3.8) is 0 Å². The maximum Gasteiger partial charge on any atom is 0.170 e. The van der Waals surface area contributed by atoms with Crippen LogP contribution in [0.5, 0.6) is 0 Å². The number of nitrogens with zero attached hydrogens (tertiary/aromatic N) is 2. The monoisotopic (exact) mass is 273 g/mol. The second kappa shape index (κ2) is 8.06. The fraction of sp³-hybridized carbons (Fsp3) is 0.833. The number of hydrogen-bond acceptors (Lipinski definition) is 5. The van der Waals surface area contributed by atoms with Gasteiger partial charge >= 0.3 is 0 Å². The number of rotatable bonds is 8. The van der Waals surface area contributed by atoms with Crippen LogP contribution in [0.3, 0.4) is 0 Å². The molecule has 0 aliphatic rings. The van der Waals surface area contributed by atoms with Gasteiger partial charge in [0.25, 0.3) is 0 Å². The summed E-state index contributed by atoms with van der Waals surface area (Å²) in [6, 6.07) is 0.564. The Morgan fingerprint density at radius 1 is 1.35 bits per heavy atom. The van der Waals surface area contributed by atoms with Crippen molar-refractivity contribution in [3.8, 4) is 0 Å². The van der Waals surface area contributed by atoms with Crippen molar-refractivity contribution in [2.75, 3.05) is 6.54 Å². The largest absolute Gasteiger partial charge is 0.313 e. The Bertz CT molecular complexity index is 314. The molecule has 0 aromatic carbocycles. The molecule has 0 aliphatic heterocycles. The van der Waals surface area contributed by atoms with Gasteiger partial charge in [-0.25, -0.2) is 4.98 Å². The van der Waals surface area contributed by atoms with Crippen molar-refractivity contribution < 1.29 is 0 Å². The first-order valence-corrected chi connectivity index (χ1v) is 8.09. The van der Waals surface area contributed by atoms with Gasteiger partial charge < -0.3 is 5.32 Å². The summed E-state index contributed by atoms with van der Waals surface area (Å²) >= 11 is 3.37. The van der Waals surface area contributed by atoms with Crippen molar-refractivity contribution in [2.24, 2.45) is 0 Å². The maximum atomic E-state index is 4.51. The van der Waals surface area contributed by atoms with Gasteiger partial charge in [0.05, 0.1) is 0 Å². The molecule has 2 unspecified atom stereocenters. The topological polar surface area (TPSA) is 37.8 Å². The summed E-state index contributed by atoms with van der Waals surface area (Å²) in [5, 5.41) is 4.14. The van der Waals surface area contributed by atoms with Crippen molar-refractivity contribution in [1.82, 2.24) is 14.7 Å². The van der Waals surface area contributed by atoms with E-state index >= 15 is 0 Å². The number of thioether (sulfide) groups is 1. The van der Waals surface area contributed by atoms with E-state index in [4.69, 9.17) is 0 Å². The first-order chi connectivity index (χ1) is 8.21. The van der Waals surface area contributed by atoms with Crippen LogP contribution >= 0.6 is 23.3 Å². The molecular weight excluding hydrogens is 250 g/mol. The molecule has 1 heterocycles. The van der Waals surface area contributed by atoms with Gasteiger partial charge in [-0.3, -0.25) is 0 Å². The molecule has 0 saturated carbocycles. The van der Waals surface area contributed by atoms with E-state index in [9.17, 15) is 0 Å². The first kappa shape index (κ1) is 14.9. The third kappa shape index (κ3) is 4.94. The number of aromatic nitrogens is 2. The van der Waals surface area contributed by atoms with Crippen LogP contribution < -0.4 is 5.32 Å². The van der Waals surface area contributed by atoms with Crippen LogP contribution in [-0.4, -0.2) is 27.2 Å². The van der Waals surface area contributed by atoms with E-state index in [1.54, 1.807) is 0 Å². The standard InChI is InChI=1S/C12H23N3S2/c1-5-8-13-10(6-2)9(4)16-12-14-11(7-3)15-17-12/h9-10,13H,5-8H2,1-4H3. The van der Waals surface area contributed by atoms with Crippen LogP contribution in [0.15, 0.2) is 4.34 Å². The molecule has 0 amide bonds. The molecule has 0 aliphatic carbocycles. The minimum atomic E-state index is 0.546. The predicted octanol–water partition coefficient (Wildman–Crippen LogP) is 3.36. The van der Waals surface area contributed by atoms with Crippen molar-refractivity contribution in [2.45, 2.75) is 62.6 Å². The van der Waals surface area contributed by atoms with E-state index in [1.165, 1.54) is 18.0 Å². The molecular formula is C12H23N3S2. The summed E-state index contributed by atoms with van der Waals surface area (Å²) in [5.74, 6) is 0.972. The average molecular weight is 273 g/mol. The summed E-state index contributed by atoms with van der Waals surface area (Å²) in [6.07, 6.45) is 3.27. The van der Waals surface area contributed by atoms with E-state index in [1.807, 2.05) is 11.8 Å². The quantitative estimate of drug-likeness (QED) is 0.737. The molecule has 0 radical (unpaired) electrons. The van der Waals surface area contributed by atoms with Crippen LogP contribution in [0.2, 0.25) is 0 Å². The lowest BCUT2D eigenvalue weighted by Gasteiger charge is -2.22. The molecule has 0 bridgehead atoms. The highest BCUT2D eigenvalue weighted by molar-refractivity contribution is 8.01. The zero-order valence-corrected chi connectivity index (χ0v) is 12.8. The van der Waals surface area contributed by atoms with E-state index in [2.05, 4.69) is 42.4 Å². The molecule has 1 rings (SSSR count). The Labute approximate surface area is 113 Å². The lowest BCUT2D eigenvalue weighted by atomic mass is 10.1. The van der Waals surface area contributed by atoms with Crippen LogP contribution in [0.4, 0.5) is 0 Å². The van der Waals surface area contributed by atoms with Gasteiger partial charge in [0.1, 0.15) is 5.82 Å². The average Bonchev–Trinajstić information content (AvgIpc) is 2.77. The Balaban J connectivity index is 2.47. The Hall–Kier alpha value is -0.130. The predicted molar refractivity (Wildman–Crippen MR) is 77.0 cm³/mol.